The molecule has 1 atom stereocenters. The molecule has 7 nitrogen and oxygen atoms in total. The number of amides is 1. The molecule has 0 saturated carbocycles. The van der Waals surface area contributed by atoms with Gasteiger partial charge in [-0.2, -0.15) is 0 Å². The van der Waals surface area contributed by atoms with Gasteiger partial charge in [-0.05, 0) is 6.42 Å². The highest BCUT2D eigenvalue weighted by Gasteiger charge is 2.26. The molecule has 1 aromatic rings. The maximum absolute atomic E-state index is 12.2. The molecule has 0 bridgehead atoms. The molecule has 0 spiro atoms. The average molecular weight is 332 g/mol. The summed E-state index contributed by atoms with van der Waals surface area (Å²) in [7, 11) is -3.09. The van der Waals surface area contributed by atoms with Crippen LogP contribution in [0.4, 0.5) is 5.13 Å². The molecule has 2 N–H and O–H groups in total. The zero-order chi connectivity index (χ0) is 15.5. The standard InChI is InChI=1S/C12H20N4O3S2/c1-21(18,19)9-2-10(13)11(17)15-4-6-16(7-5-15)12-14-3-8-20-12/h3,8,10H,2,4-7,9,13H2,1H3. The van der Waals surface area contributed by atoms with Crippen molar-refractivity contribution in [2.24, 2.45) is 5.73 Å². The summed E-state index contributed by atoms with van der Waals surface area (Å²) < 4.78 is 22.2. The number of thiazole rings is 1. The van der Waals surface area contributed by atoms with Crippen LogP contribution in [0.25, 0.3) is 0 Å². The Morgan fingerprint density at radius 2 is 2.10 bits per heavy atom. The van der Waals surface area contributed by atoms with Crippen molar-refractivity contribution in [1.29, 1.82) is 0 Å². The largest absolute Gasteiger partial charge is 0.345 e. The van der Waals surface area contributed by atoms with Crippen LogP contribution in [0.1, 0.15) is 6.42 Å². The average Bonchev–Trinajstić information content (AvgIpc) is 2.97. The first kappa shape index (κ1) is 16.2. The fourth-order valence-corrected chi connectivity index (χ4v) is 3.57. The molecule has 1 unspecified atom stereocenters. The van der Waals surface area contributed by atoms with Gasteiger partial charge in [0.15, 0.2) is 5.13 Å². The highest BCUT2D eigenvalue weighted by molar-refractivity contribution is 7.90. The third-order valence-corrected chi connectivity index (χ3v) is 5.21. The Morgan fingerprint density at radius 3 is 2.62 bits per heavy atom. The van der Waals surface area contributed by atoms with Crippen molar-refractivity contribution in [2.75, 3.05) is 43.1 Å². The number of rotatable bonds is 5. The van der Waals surface area contributed by atoms with Crippen molar-refractivity contribution < 1.29 is 13.2 Å². The van der Waals surface area contributed by atoms with Gasteiger partial charge in [-0.1, -0.05) is 0 Å². The van der Waals surface area contributed by atoms with E-state index in [0.29, 0.717) is 13.1 Å². The summed E-state index contributed by atoms with van der Waals surface area (Å²) in [6.07, 6.45) is 3.08. The minimum atomic E-state index is -3.09. The van der Waals surface area contributed by atoms with E-state index in [1.165, 1.54) is 0 Å². The lowest BCUT2D eigenvalue weighted by Crippen LogP contribution is -2.53. The maximum Gasteiger partial charge on any atom is 0.239 e. The lowest BCUT2D eigenvalue weighted by atomic mass is 10.2. The maximum atomic E-state index is 12.2. The lowest BCUT2D eigenvalue weighted by Gasteiger charge is -2.35. The zero-order valence-corrected chi connectivity index (χ0v) is 13.6. The number of nitrogens with two attached hydrogens (primary N) is 1. The molecule has 1 saturated heterocycles. The van der Waals surface area contributed by atoms with E-state index in [2.05, 4.69) is 9.88 Å². The first-order valence-electron chi connectivity index (χ1n) is 6.73. The molecule has 1 aromatic heterocycles. The predicted molar refractivity (Wildman–Crippen MR) is 83.2 cm³/mol. The number of piperazine rings is 1. The van der Waals surface area contributed by atoms with Crippen molar-refractivity contribution in [3.8, 4) is 0 Å². The van der Waals surface area contributed by atoms with Crippen molar-refractivity contribution in [3.05, 3.63) is 11.6 Å². The number of anilines is 1. The van der Waals surface area contributed by atoms with Crippen LogP contribution < -0.4 is 10.6 Å². The van der Waals surface area contributed by atoms with E-state index in [0.717, 1.165) is 24.5 Å². The monoisotopic (exact) mass is 332 g/mol. The van der Waals surface area contributed by atoms with Gasteiger partial charge in [0.25, 0.3) is 0 Å². The Morgan fingerprint density at radius 1 is 1.43 bits per heavy atom. The van der Waals surface area contributed by atoms with Crippen molar-refractivity contribution >= 4 is 32.2 Å². The number of sulfone groups is 1. The van der Waals surface area contributed by atoms with Gasteiger partial charge in [-0.25, -0.2) is 13.4 Å². The molecule has 1 fully saturated rings. The van der Waals surface area contributed by atoms with E-state index in [-0.39, 0.29) is 18.1 Å². The summed E-state index contributed by atoms with van der Waals surface area (Å²) in [5.41, 5.74) is 5.80. The fourth-order valence-electron chi connectivity index (χ4n) is 2.19. The van der Waals surface area contributed by atoms with E-state index < -0.39 is 15.9 Å². The summed E-state index contributed by atoms with van der Waals surface area (Å²) in [6, 6.07) is -0.744. The van der Waals surface area contributed by atoms with Gasteiger partial charge in [0.2, 0.25) is 5.91 Å². The Hall–Kier alpha value is -1.19. The van der Waals surface area contributed by atoms with Crippen molar-refractivity contribution in [3.63, 3.8) is 0 Å². The van der Waals surface area contributed by atoms with Crippen LogP contribution >= 0.6 is 11.3 Å². The van der Waals surface area contributed by atoms with Gasteiger partial charge in [0, 0.05) is 44.0 Å². The zero-order valence-electron chi connectivity index (χ0n) is 11.9. The minimum Gasteiger partial charge on any atom is -0.345 e. The van der Waals surface area contributed by atoms with E-state index in [4.69, 9.17) is 5.73 Å². The first-order valence-corrected chi connectivity index (χ1v) is 9.67. The molecule has 2 heterocycles. The van der Waals surface area contributed by atoms with Crippen LogP contribution in [0.15, 0.2) is 11.6 Å². The highest BCUT2D eigenvalue weighted by atomic mass is 32.2. The second kappa shape index (κ2) is 6.71. The second-order valence-electron chi connectivity index (χ2n) is 5.15. The quantitative estimate of drug-likeness (QED) is 0.785. The predicted octanol–water partition coefficient (Wildman–Crippen LogP) is -0.446. The van der Waals surface area contributed by atoms with E-state index in [1.807, 2.05) is 5.38 Å². The van der Waals surface area contributed by atoms with Gasteiger partial charge in [0.1, 0.15) is 9.84 Å². The van der Waals surface area contributed by atoms with Crippen molar-refractivity contribution in [1.82, 2.24) is 9.88 Å². The van der Waals surface area contributed by atoms with E-state index in [9.17, 15) is 13.2 Å². The van der Waals surface area contributed by atoms with Gasteiger partial charge < -0.3 is 15.5 Å². The Bertz CT molecular complexity index is 565. The molecule has 118 valence electrons. The van der Waals surface area contributed by atoms with Gasteiger partial charge >= 0.3 is 0 Å². The lowest BCUT2D eigenvalue weighted by molar-refractivity contribution is -0.132. The number of aromatic nitrogens is 1. The van der Waals surface area contributed by atoms with Gasteiger partial charge in [-0.3, -0.25) is 4.79 Å². The van der Waals surface area contributed by atoms with Crippen LogP contribution in [-0.4, -0.2) is 68.4 Å². The SMILES string of the molecule is CS(=O)(=O)CCC(N)C(=O)N1CCN(c2nccs2)CC1. The summed E-state index contributed by atoms with van der Waals surface area (Å²) >= 11 is 1.58. The molecule has 9 heteroatoms. The minimum absolute atomic E-state index is 0.0566. The third kappa shape index (κ3) is 4.65. The fraction of sp³-hybridized carbons (Fsp3) is 0.667. The Kier molecular flexibility index (Phi) is 5.17. The van der Waals surface area contributed by atoms with Crippen LogP contribution in [-0.2, 0) is 14.6 Å². The molecule has 1 aliphatic rings. The molecule has 1 amide bonds. The first-order chi connectivity index (χ1) is 9.87. The van der Waals surface area contributed by atoms with E-state index >= 15 is 0 Å². The number of nitrogens with zero attached hydrogens (tertiary/aromatic N) is 3. The van der Waals surface area contributed by atoms with Crippen molar-refractivity contribution in [2.45, 2.75) is 12.5 Å². The number of hydrogen-bond donors (Lipinski definition) is 1. The molecule has 0 aromatic carbocycles. The number of carbonyl (C=O) groups is 1. The summed E-state index contributed by atoms with van der Waals surface area (Å²) in [5.74, 6) is -0.226. The van der Waals surface area contributed by atoms with Gasteiger partial charge in [0.05, 0.1) is 11.8 Å². The topological polar surface area (TPSA) is 96.6 Å². The molecule has 2 rings (SSSR count). The van der Waals surface area contributed by atoms with Crippen LogP contribution in [0.2, 0.25) is 0 Å². The molecule has 0 aliphatic carbocycles. The summed E-state index contributed by atoms with van der Waals surface area (Å²) in [4.78, 5) is 20.3. The van der Waals surface area contributed by atoms with Crippen LogP contribution in [0.3, 0.4) is 0 Å². The van der Waals surface area contributed by atoms with Crippen LogP contribution in [0.5, 0.6) is 0 Å². The molecular formula is C12H20N4O3S2. The van der Waals surface area contributed by atoms with Crippen LogP contribution in [0, 0.1) is 0 Å². The Balaban J connectivity index is 1.82. The molecule has 21 heavy (non-hydrogen) atoms. The highest BCUT2D eigenvalue weighted by Crippen LogP contribution is 2.19. The normalized spacial score (nSPS) is 17.8. The van der Waals surface area contributed by atoms with E-state index in [1.54, 1.807) is 22.4 Å². The second-order valence-corrected chi connectivity index (χ2v) is 8.28. The molecular weight excluding hydrogens is 312 g/mol. The smallest absolute Gasteiger partial charge is 0.239 e. The summed E-state index contributed by atoms with van der Waals surface area (Å²) in [6.45, 7) is 2.62. The number of carbonyl (C=O) groups excluding carboxylic acids is 1. The third-order valence-electron chi connectivity index (χ3n) is 3.40. The molecule has 0 radical (unpaired) electrons. The number of hydrogen-bond acceptors (Lipinski definition) is 7. The summed E-state index contributed by atoms with van der Waals surface area (Å²) in [5, 5.41) is 2.89. The molecule has 1 aliphatic heterocycles. The Labute approximate surface area is 128 Å². The van der Waals surface area contributed by atoms with Gasteiger partial charge in [-0.15, -0.1) is 11.3 Å².